The summed E-state index contributed by atoms with van der Waals surface area (Å²) < 4.78 is 34.3. The molecule has 0 unspecified atom stereocenters. The Kier molecular flexibility index (Phi) is 6.92. The Hall–Kier alpha value is -0.909. The summed E-state index contributed by atoms with van der Waals surface area (Å²) in [4.78, 5) is -0.563. The Bertz CT molecular complexity index is 1120. The van der Waals surface area contributed by atoms with Gasteiger partial charge in [0.25, 0.3) is 0 Å². The van der Waals surface area contributed by atoms with E-state index in [-0.39, 0.29) is 71.0 Å². The number of halogens is 1. The van der Waals surface area contributed by atoms with Crippen molar-refractivity contribution in [2.24, 2.45) is 10.2 Å². The van der Waals surface area contributed by atoms with Gasteiger partial charge in [-0.15, -0.1) is 10.2 Å². The van der Waals surface area contributed by atoms with Gasteiger partial charge < -0.3 is 9.66 Å². The summed E-state index contributed by atoms with van der Waals surface area (Å²) in [7, 11) is -4.78. The summed E-state index contributed by atoms with van der Waals surface area (Å²) >= 11 is 5.90. The molecule has 0 aliphatic rings. The maximum absolute atomic E-state index is 11.4. The number of hydrogen-bond acceptors (Lipinski definition) is 6. The second-order valence-corrected chi connectivity index (χ2v) is 7.13. The Balaban J connectivity index is 0.00000243. The summed E-state index contributed by atoms with van der Waals surface area (Å²) in [5, 5.41) is 19.5. The van der Waals surface area contributed by atoms with E-state index in [1.807, 2.05) is 12.1 Å². The average Bonchev–Trinajstić information content (AvgIpc) is 2.55. The molecular formula is C17H12BaClN2O4S+. The van der Waals surface area contributed by atoms with E-state index in [1.165, 1.54) is 12.1 Å². The van der Waals surface area contributed by atoms with E-state index in [9.17, 15) is 18.1 Å². The molecule has 128 valence electrons. The zero-order valence-electron chi connectivity index (χ0n) is 13.7. The molecule has 0 atom stereocenters. The van der Waals surface area contributed by atoms with Gasteiger partial charge in [-0.3, -0.25) is 0 Å². The molecule has 3 aromatic rings. The second-order valence-electron chi connectivity index (χ2n) is 5.38. The molecule has 26 heavy (non-hydrogen) atoms. The van der Waals surface area contributed by atoms with Gasteiger partial charge in [0, 0.05) is 10.4 Å². The van der Waals surface area contributed by atoms with Crippen molar-refractivity contribution in [1.82, 2.24) is 0 Å². The van der Waals surface area contributed by atoms with Crippen LogP contribution in [0.2, 0.25) is 5.02 Å². The van der Waals surface area contributed by atoms with Crippen LogP contribution in [0.4, 0.5) is 11.4 Å². The molecule has 1 N–H and O–H groups in total. The fraction of sp³-hybridized carbons (Fsp3) is 0.0588. The third kappa shape index (κ3) is 4.49. The van der Waals surface area contributed by atoms with Crippen molar-refractivity contribution < 1.29 is 18.1 Å². The number of fused-ring (bicyclic) bond motifs is 1. The predicted octanol–water partition coefficient (Wildman–Crippen LogP) is 4.45. The second kappa shape index (κ2) is 8.41. The molecule has 0 bridgehead atoms. The topological polar surface area (TPSA) is 102 Å². The van der Waals surface area contributed by atoms with Gasteiger partial charge in [0.05, 0.1) is 4.90 Å². The van der Waals surface area contributed by atoms with Crippen LogP contribution in [-0.4, -0.2) is 67.0 Å². The quantitative estimate of drug-likeness (QED) is 0.318. The molecule has 0 spiro atoms. The van der Waals surface area contributed by atoms with Crippen molar-refractivity contribution in [2.45, 2.75) is 11.8 Å². The van der Waals surface area contributed by atoms with Crippen LogP contribution in [-0.2, 0) is 10.1 Å². The molecule has 0 amide bonds. The molecule has 0 aliphatic carbocycles. The Morgan fingerprint density at radius 3 is 2.46 bits per heavy atom. The van der Waals surface area contributed by atoms with Crippen molar-refractivity contribution in [3.05, 3.63) is 59.1 Å². The maximum atomic E-state index is 11.4. The summed E-state index contributed by atoms with van der Waals surface area (Å²) in [6.45, 7) is 1.65. The van der Waals surface area contributed by atoms with Crippen LogP contribution in [0, 0.1) is 6.92 Å². The van der Waals surface area contributed by atoms with Crippen LogP contribution in [0.1, 0.15) is 5.56 Å². The van der Waals surface area contributed by atoms with Gasteiger partial charge in [-0.25, -0.2) is 8.42 Å². The molecule has 0 saturated heterocycles. The molecule has 0 radical (unpaired) electrons. The molecule has 6 nitrogen and oxygen atoms in total. The van der Waals surface area contributed by atoms with Gasteiger partial charge in [0.2, 0.25) is 0 Å². The van der Waals surface area contributed by atoms with E-state index in [4.69, 9.17) is 11.6 Å². The third-order valence-corrected chi connectivity index (χ3v) is 4.92. The number of benzene rings is 3. The van der Waals surface area contributed by atoms with Gasteiger partial charge in [0.15, 0.2) is 0 Å². The van der Waals surface area contributed by atoms with Crippen molar-refractivity contribution >= 4 is 92.7 Å². The monoisotopic (exact) mass is 513 g/mol. The minimum absolute atomic E-state index is 0. The van der Waals surface area contributed by atoms with E-state index in [0.717, 1.165) is 11.5 Å². The van der Waals surface area contributed by atoms with Crippen molar-refractivity contribution in [1.29, 1.82) is 0 Å². The van der Waals surface area contributed by atoms with Gasteiger partial charge in [-0.1, -0.05) is 41.9 Å². The van der Waals surface area contributed by atoms with Gasteiger partial charge in [-0.05, 0) is 36.1 Å². The minimum atomic E-state index is -4.78. The molecule has 3 aromatic carbocycles. The molecule has 9 heteroatoms. The van der Waals surface area contributed by atoms with Crippen LogP contribution in [0.5, 0.6) is 5.75 Å². The van der Waals surface area contributed by atoms with Crippen molar-refractivity contribution in [2.75, 3.05) is 0 Å². The fourth-order valence-electron chi connectivity index (χ4n) is 2.38. The average molecular weight is 513 g/mol. The van der Waals surface area contributed by atoms with Gasteiger partial charge >= 0.3 is 48.9 Å². The van der Waals surface area contributed by atoms with E-state index in [1.54, 1.807) is 25.1 Å². The molecular weight excluding hydrogens is 501 g/mol. The number of phenols is 1. The minimum Gasteiger partial charge on any atom is -0.744 e. The summed E-state index contributed by atoms with van der Waals surface area (Å²) in [5.41, 5.74) is 0.592. The Labute approximate surface area is 195 Å². The van der Waals surface area contributed by atoms with Gasteiger partial charge in [-0.2, -0.15) is 0 Å². The van der Waals surface area contributed by atoms with Crippen LogP contribution >= 0.6 is 11.6 Å². The molecule has 3 rings (SSSR count). The van der Waals surface area contributed by atoms with Crippen LogP contribution in [0.25, 0.3) is 10.8 Å². The first-order chi connectivity index (χ1) is 11.8. The Morgan fingerprint density at radius 1 is 1.08 bits per heavy atom. The fourth-order valence-corrected chi connectivity index (χ4v) is 3.23. The zero-order chi connectivity index (χ0) is 18.2. The number of azo groups is 1. The van der Waals surface area contributed by atoms with E-state index < -0.39 is 15.0 Å². The van der Waals surface area contributed by atoms with Gasteiger partial charge in [0.1, 0.15) is 27.2 Å². The number of rotatable bonds is 3. The summed E-state index contributed by atoms with van der Waals surface area (Å²) in [5.74, 6) is -0.111. The SMILES string of the molecule is Cc1cc(N=Nc2c(O)ccc3ccccc23)c(S(=O)(=O)[O-])cc1Cl.[Ba+2]. The van der Waals surface area contributed by atoms with Crippen molar-refractivity contribution in [3.8, 4) is 5.75 Å². The molecule has 0 fully saturated rings. The first-order valence-corrected chi connectivity index (χ1v) is 8.94. The smallest absolute Gasteiger partial charge is 0.744 e. The largest absolute Gasteiger partial charge is 2.00 e. The van der Waals surface area contributed by atoms with E-state index in [2.05, 4.69) is 10.2 Å². The van der Waals surface area contributed by atoms with Crippen LogP contribution in [0.15, 0.2) is 63.7 Å². The standard InChI is InChI=1S/C17H13ClN2O4S.Ba/c1-10-8-14(16(9-13(10)18)25(22,23)24)19-20-17-12-5-3-2-4-11(12)6-7-15(17)21;/h2-9,21H,1H3,(H,22,23,24);/q;+2/p-1. The summed E-state index contributed by atoms with van der Waals surface area (Å²) in [6, 6.07) is 12.8. The molecule has 0 saturated carbocycles. The number of aromatic hydroxyl groups is 1. The number of hydrogen-bond donors (Lipinski definition) is 1. The normalized spacial score (nSPS) is 11.7. The molecule has 0 aliphatic heterocycles. The number of phenolic OH excluding ortho intramolecular Hbond substituents is 1. The predicted molar refractivity (Wildman–Crippen MR) is 99.7 cm³/mol. The first kappa shape index (κ1) is 21.4. The van der Waals surface area contributed by atoms with Crippen LogP contribution < -0.4 is 0 Å². The van der Waals surface area contributed by atoms with E-state index >= 15 is 0 Å². The molecule has 0 heterocycles. The first-order valence-electron chi connectivity index (χ1n) is 7.16. The molecule has 0 aromatic heterocycles. The zero-order valence-corrected chi connectivity index (χ0v) is 19.7. The number of nitrogens with zero attached hydrogens (tertiary/aromatic N) is 2. The Morgan fingerprint density at radius 2 is 1.77 bits per heavy atom. The summed E-state index contributed by atoms with van der Waals surface area (Å²) in [6.07, 6.45) is 0. The van der Waals surface area contributed by atoms with E-state index in [0.29, 0.717) is 10.9 Å². The third-order valence-electron chi connectivity index (χ3n) is 3.65. The maximum Gasteiger partial charge on any atom is 2.00 e. The van der Waals surface area contributed by atoms with Crippen LogP contribution in [0.3, 0.4) is 0 Å². The van der Waals surface area contributed by atoms with Crippen molar-refractivity contribution in [3.63, 3.8) is 0 Å². The number of aryl methyl sites for hydroxylation is 1.